The molecular weight excluding hydrogens is 500 g/mol. The molecule has 0 fully saturated rings. The maximum atomic E-state index is 13.6. The van der Waals surface area contributed by atoms with Crippen molar-refractivity contribution in [2.24, 2.45) is 0 Å². The van der Waals surface area contributed by atoms with E-state index in [0.717, 1.165) is 14.8 Å². The summed E-state index contributed by atoms with van der Waals surface area (Å²) in [6.07, 6.45) is 1.92. The number of aryl methyl sites for hydroxylation is 1. The van der Waals surface area contributed by atoms with E-state index in [1.54, 1.807) is 48.5 Å². The summed E-state index contributed by atoms with van der Waals surface area (Å²) in [6, 6.07) is 17.0. The first-order valence-corrected chi connectivity index (χ1v) is 13.7. The molecule has 3 aromatic rings. The Balaban J connectivity index is 1.85. The monoisotopic (exact) mass is 530 g/mol. The molecule has 0 bridgehead atoms. The topological polar surface area (TPSA) is 94.2 Å². The first kappa shape index (κ1) is 27.2. The van der Waals surface area contributed by atoms with Gasteiger partial charge in [0.15, 0.2) is 11.5 Å². The first-order chi connectivity index (χ1) is 17.2. The SMILES string of the molecule is COc1cc(CNC(=O)CN(c2ccc(C)cc2)S(=O)(=O)c2ccc(SC)cc2)cc(OC)c1OC. The quantitative estimate of drug-likeness (QED) is 0.370. The number of carbonyl (C=O) groups is 1. The number of ether oxygens (including phenoxy) is 3. The zero-order valence-corrected chi connectivity index (χ0v) is 22.5. The predicted molar refractivity (Wildman–Crippen MR) is 142 cm³/mol. The third-order valence-corrected chi connectivity index (χ3v) is 8.00. The minimum absolute atomic E-state index is 0.110. The highest BCUT2D eigenvalue weighted by atomic mass is 32.2. The fourth-order valence-corrected chi connectivity index (χ4v) is 5.35. The highest BCUT2D eigenvalue weighted by Gasteiger charge is 2.27. The molecule has 0 saturated carbocycles. The molecule has 0 heterocycles. The van der Waals surface area contributed by atoms with Gasteiger partial charge in [-0.25, -0.2) is 8.42 Å². The predicted octanol–water partition coefficient (Wildman–Crippen LogP) is 4.25. The van der Waals surface area contributed by atoms with Crippen molar-refractivity contribution >= 4 is 33.4 Å². The van der Waals surface area contributed by atoms with Crippen molar-refractivity contribution in [1.29, 1.82) is 0 Å². The average molecular weight is 531 g/mol. The largest absolute Gasteiger partial charge is 0.493 e. The molecule has 1 amide bonds. The number of hydrogen-bond acceptors (Lipinski definition) is 7. The summed E-state index contributed by atoms with van der Waals surface area (Å²) in [6.45, 7) is 1.66. The maximum Gasteiger partial charge on any atom is 0.264 e. The van der Waals surface area contributed by atoms with E-state index >= 15 is 0 Å². The number of anilines is 1. The Hall–Kier alpha value is -3.37. The van der Waals surface area contributed by atoms with Crippen LogP contribution in [0.5, 0.6) is 17.2 Å². The van der Waals surface area contributed by atoms with E-state index in [4.69, 9.17) is 14.2 Å². The molecule has 0 aliphatic rings. The van der Waals surface area contributed by atoms with E-state index in [1.165, 1.54) is 33.1 Å². The van der Waals surface area contributed by atoms with Crippen LogP contribution >= 0.6 is 11.8 Å². The van der Waals surface area contributed by atoms with Gasteiger partial charge in [-0.05, 0) is 67.3 Å². The summed E-state index contributed by atoms with van der Waals surface area (Å²) in [5.74, 6) is 0.894. The molecule has 0 aliphatic heterocycles. The molecule has 3 rings (SSSR count). The Kier molecular flexibility index (Phi) is 9.11. The number of thioether (sulfide) groups is 1. The van der Waals surface area contributed by atoms with Gasteiger partial charge in [0.2, 0.25) is 11.7 Å². The minimum atomic E-state index is -3.99. The van der Waals surface area contributed by atoms with Crippen molar-refractivity contribution in [2.75, 3.05) is 38.4 Å². The van der Waals surface area contributed by atoms with Gasteiger partial charge in [0.05, 0.1) is 31.9 Å². The van der Waals surface area contributed by atoms with Crippen LogP contribution in [-0.2, 0) is 21.4 Å². The van der Waals surface area contributed by atoms with Gasteiger partial charge in [-0.1, -0.05) is 17.7 Å². The standard InChI is InChI=1S/C26H30N2O6S2/c1-18-6-8-20(9-7-18)28(36(30,31)22-12-10-21(35-5)11-13-22)17-25(29)27-16-19-14-23(32-2)26(34-4)24(15-19)33-3/h6-15H,16-17H2,1-5H3,(H,27,29). The second kappa shape index (κ2) is 12.0. The summed E-state index contributed by atoms with van der Waals surface area (Å²) in [5.41, 5.74) is 2.08. The fraction of sp³-hybridized carbons (Fsp3) is 0.269. The lowest BCUT2D eigenvalue weighted by molar-refractivity contribution is -0.119. The van der Waals surface area contributed by atoms with Gasteiger partial charge >= 0.3 is 0 Å². The number of nitrogens with zero attached hydrogens (tertiary/aromatic N) is 1. The fourth-order valence-electron chi connectivity index (χ4n) is 3.53. The van der Waals surface area contributed by atoms with Gasteiger partial charge in [0, 0.05) is 11.4 Å². The molecule has 0 saturated heterocycles. The van der Waals surface area contributed by atoms with Gasteiger partial charge in [-0.2, -0.15) is 0 Å². The molecule has 0 aromatic heterocycles. The first-order valence-electron chi connectivity index (χ1n) is 11.0. The number of nitrogens with one attached hydrogen (secondary N) is 1. The van der Waals surface area contributed by atoms with E-state index in [9.17, 15) is 13.2 Å². The zero-order chi connectivity index (χ0) is 26.3. The van der Waals surface area contributed by atoms with Crippen LogP contribution in [-0.4, -0.2) is 48.5 Å². The second-order valence-corrected chi connectivity index (χ2v) is 10.6. The van der Waals surface area contributed by atoms with E-state index in [2.05, 4.69) is 5.32 Å². The van der Waals surface area contributed by atoms with Gasteiger partial charge in [-0.15, -0.1) is 11.8 Å². The summed E-state index contributed by atoms with van der Waals surface area (Å²) in [5, 5.41) is 2.79. The van der Waals surface area contributed by atoms with Crippen molar-refractivity contribution in [3.63, 3.8) is 0 Å². The zero-order valence-electron chi connectivity index (χ0n) is 20.9. The minimum Gasteiger partial charge on any atom is -0.493 e. The normalized spacial score (nSPS) is 11.0. The van der Waals surface area contributed by atoms with Crippen molar-refractivity contribution in [3.8, 4) is 17.2 Å². The number of hydrogen-bond donors (Lipinski definition) is 1. The Morgan fingerprint density at radius 1 is 0.917 bits per heavy atom. The van der Waals surface area contributed by atoms with Crippen LogP contribution in [0, 0.1) is 6.92 Å². The highest BCUT2D eigenvalue weighted by Crippen LogP contribution is 2.38. The Morgan fingerprint density at radius 2 is 1.50 bits per heavy atom. The van der Waals surface area contributed by atoms with Crippen LogP contribution < -0.4 is 23.8 Å². The molecule has 8 nitrogen and oxygen atoms in total. The van der Waals surface area contributed by atoms with Gasteiger partial charge in [0.25, 0.3) is 10.0 Å². The third kappa shape index (κ3) is 6.24. The van der Waals surface area contributed by atoms with E-state index in [1.807, 2.05) is 25.3 Å². The van der Waals surface area contributed by atoms with Crippen molar-refractivity contribution in [3.05, 3.63) is 71.8 Å². The number of benzene rings is 3. The van der Waals surface area contributed by atoms with Gasteiger partial charge < -0.3 is 19.5 Å². The molecule has 1 N–H and O–H groups in total. The van der Waals surface area contributed by atoms with Crippen LogP contribution in [0.2, 0.25) is 0 Å². The highest BCUT2D eigenvalue weighted by molar-refractivity contribution is 7.98. The Labute approximate surface area is 216 Å². The van der Waals surface area contributed by atoms with E-state index in [-0.39, 0.29) is 18.0 Å². The second-order valence-electron chi connectivity index (χ2n) is 7.83. The van der Waals surface area contributed by atoms with Gasteiger partial charge in [0.1, 0.15) is 6.54 Å². The Bertz CT molecular complexity index is 1270. The molecule has 192 valence electrons. The van der Waals surface area contributed by atoms with Crippen LogP contribution in [0.25, 0.3) is 0 Å². The summed E-state index contributed by atoms with van der Waals surface area (Å²) in [7, 11) is 0.536. The number of sulfonamides is 1. The summed E-state index contributed by atoms with van der Waals surface area (Å²) >= 11 is 1.52. The van der Waals surface area contributed by atoms with Crippen molar-refractivity contribution in [1.82, 2.24) is 5.32 Å². The van der Waals surface area contributed by atoms with Crippen molar-refractivity contribution < 1.29 is 27.4 Å². The van der Waals surface area contributed by atoms with Crippen LogP contribution in [0.15, 0.2) is 70.5 Å². The summed E-state index contributed by atoms with van der Waals surface area (Å²) in [4.78, 5) is 14.0. The lowest BCUT2D eigenvalue weighted by Gasteiger charge is -2.24. The molecule has 36 heavy (non-hydrogen) atoms. The lowest BCUT2D eigenvalue weighted by atomic mass is 10.1. The third-order valence-electron chi connectivity index (χ3n) is 5.47. The molecule has 0 unspecified atom stereocenters. The van der Waals surface area contributed by atoms with Crippen LogP contribution in [0.1, 0.15) is 11.1 Å². The molecule has 0 radical (unpaired) electrons. The van der Waals surface area contributed by atoms with Crippen LogP contribution in [0.3, 0.4) is 0 Å². The molecule has 0 spiro atoms. The number of amides is 1. The van der Waals surface area contributed by atoms with Crippen LogP contribution in [0.4, 0.5) is 5.69 Å². The molecule has 3 aromatic carbocycles. The van der Waals surface area contributed by atoms with E-state index < -0.39 is 15.9 Å². The molecule has 0 atom stereocenters. The smallest absolute Gasteiger partial charge is 0.264 e. The number of rotatable bonds is 11. The number of methoxy groups -OCH3 is 3. The summed E-state index contributed by atoms with van der Waals surface area (Å²) < 4.78 is 44.3. The Morgan fingerprint density at radius 3 is 2.00 bits per heavy atom. The average Bonchev–Trinajstić information content (AvgIpc) is 2.90. The van der Waals surface area contributed by atoms with E-state index in [0.29, 0.717) is 28.5 Å². The lowest BCUT2D eigenvalue weighted by Crippen LogP contribution is -2.40. The molecule has 10 heteroatoms. The molecule has 0 aliphatic carbocycles. The molecular formula is C26H30N2O6S2. The van der Waals surface area contributed by atoms with Gasteiger partial charge in [-0.3, -0.25) is 9.10 Å². The number of carbonyl (C=O) groups excluding carboxylic acids is 1. The van der Waals surface area contributed by atoms with Crippen molar-refractivity contribution in [2.45, 2.75) is 23.3 Å². The maximum absolute atomic E-state index is 13.6.